The van der Waals surface area contributed by atoms with Gasteiger partial charge in [-0.05, 0) is 22.0 Å². The van der Waals surface area contributed by atoms with Crippen molar-refractivity contribution in [2.45, 2.75) is 0 Å². The molecule has 3 aromatic rings. The fourth-order valence-electron chi connectivity index (χ4n) is 2.25. The molecule has 120 valence electrons. The number of rotatable bonds is 4. The Hall–Kier alpha value is -3.62. The van der Waals surface area contributed by atoms with Crippen LogP contribution in [-0.4, -0.2) is 26.9 Å². The van der Waals surface area contributed by atoms with E-state index >= 15 is 0 Å². The summed E-state index contributed by atoms with van der Waals surface area (Å²) in [6.45, 7) is 0. The second kappa shape index (κ2) is 5.88. The molecule has 0 spiro atoms. The maximum absolute atomic E-state index is 10.9. The number of ether oxygens (including phenoxy) is 1. The van der Waals surface area contributed by atoms with Gasteiger partial charge >= 0.3 is 5.82 Å². The molecule has 0 radical (unpaired) electrons. The number of nitrogens with zero attached hydrogens (tertiary/aromatic N) is 4. The quantitative estimate of drug-likeness (QED) is 0.533. The Morgan fingerprint density at radius 1 is 1.04 bits per heavy atom. The minimum atomic E-state index is -0.629. The van der Waals surface area contributed by atoms with Gasteiger partial charge in [-0.1, -0.05) is 6.07 Å². The molecular weight excluding hydrogens is 316 g/mol. The van der Waals surface area contributed by atoms with Gasteiger partial charge in [0.1, 0.15) is 6.20 Å². The standard InChI is InChI=1S/C15H10N4O5/c1-24-14-7-10(8-16-15(14)19(22)23)13-4-2-9-6-11(18(20)21)3-5-12(9)17-13/h2-8H,1H3. The van der Waals surface area contributed by atoms with Gasteiger partial charge in [-0.3, -0.25) is 10.1 Å². The van der Waals surface area contributed by atoms with Crippen molar-refractivity contribution >= 4 is 22.4 Å². The average Bonchev–Trinajstić information content (AvgIpc) is 2.60. The molecule has 0 bridgehead atoms. The summed E-state index contributed by atoms with van der Waals surface area (Å²) in [6.07, 6.45) is 1.33. The van der Waals surface area contributed by atoms with Crippen molar-refractivity contribution < 1.29 is 14.6 Å². The van der Waals surface area contributed by atoms with E-state index in [2.05, 4.69) is 9.97 Å². The van der Waals surface area contributed by atoms with E-state index in [0.717, 1.165) is 0 Å². The summed E-state index contributed by atoms with van der Waals surface area (Å²) in [5, 5.41) is 22.3. The molecule has 3 rings (SSSR count). The van der Waals surface area contributed by atoms with Crippen molar-refractivity contribution in [3.63, 3.8) is 0 Å². The minimum absolute atomic E-state index is 0.0179. The molecular formula is C15H10N4O5. The third kappa shape index (κ3) is 2.70. The molecule has 0 fully saturated rings. The van der Waals surface area contributed by atoms with E-state index in [1.165, 1.54) is 31.5 Å². The topological polar surface area (TPSA) is 121 Å². The zero-order chi connectivity index (χ0) is 17.3. The van der Waals surface area contributed by atoms with Crippen LogP contribution in [0.2, 0.25) is 0 Å². The number of non-ortho nitro benzene ring substituents is 1. The van der Waals surface area contributed by atoms with Gasteiger partial charge in [-0.15, -0.1) is 0 Å². The van der Waals surface area contributed by atoms with Crippen LogP contribution in [0.3, 0.4) is 0 Å². The zero-order valence-corrected chi connectivity index (χ0v) is 12.4. The number of hydrogen-bond donors (Lipinski definition) is 0. The molecule has 9 heteroatoms. The molecule has 0 aliphatic heterocycles. The predicted molar refractivity (Wildman–Crippen MR) is 84.8 cm³/mol. The molecule has 2 aromatic heterocycles. The lowest BCUT2D eigenvalue weighted by Crippen LogP contribution is -1.97. The Balaban J connectivity index is 2.08. The van der Waals surface area contributed by atoms with Crippen molar-refractivity contribution in [1.29, 1.82) is 0 Å². The molecule has 2 heterocycles. The molecule has 0 aliphatic rings. The van der Waals surface area contributed by atoms with Crippen LogP contribution in [0.1, 0.15) is 0 Å². The number of pyridine rings is 2. The third-order valence-electron chi connectivity index (χ3n) is 3.41. The first-order valence-electron chi connectivity index (χ1n) is 6.73. The Morgan fingerprint density at radius 2 is 1.83 bits per heavy atom. The van der Waals surface area contributed by atoms with E-state index < -0.39 is 9.85 Å². The smallest absolute Gasteiger partial charge is 0.406 e. The van der Waals surface area contributed by atoms with Crippen molar-refractivity contribution in [1.82, 2.24) is 9.97 Å². The molecule has 1 aromatic carbocycles. The first-order valence-corrected chi connectivity index (χ1v) is 6.73. The highest BCUT2D eigenvalue weighted by Gasteiger charge is 2.18. The normalized spacial score (nSPS) is 10.5. The number of nitro groups is 2. The molecule has 0 amide bonds. The second-order valence-electron chi connectivity index (χ2n) is 4.84. The molecule has 0 N–H and O–H groups in total. The van der Waals surface area contributed by atoms with E-state index in [0.29, 0.717) is 22.2 Å². The Bertz CT molecular complexity index is 973. The van der Waals surface area contributed by atoms with Crippen LogP contribution in [0, 0.1) is 20.2 Å². The van der Waals surface area contributed by atoms with E-state index in [9.17, 15) is 20.2 Å². The van der Waals surface area contributed by atoms with Gasteiger partial charge in [0.15, 0.2) is 0 Å². The average molecular weight is 326 g/mol. The number of fused-ring (bicyclic) bond motifs is 1. The van der Waals surface area contributed by atoms with Gasteiger partial charge in [0.2, 0.25) is 5.75 Å². The highest BCUT2D eigenvalue weighted by Crippen LogP contribution is 2.30. The Labute approximate surface area is 134 Å². The molecule has 0 atom stereocenters. The van der Waals surface area contributed by atoms with Gasteiger partial charge < -0.3 is 14.9 Å². The molecule has 0 aliphatic carbocycles. The third-order valence-corrected chi connectivity index (χ3v) is 3.41. The number of benzene rings is 1. The highest BCUT2D eigenvalue weighted by molar-refractivity contribution is 5.83. The fourth-order valence-corrected chi connectivity index (χ4v) is 2.25. The summed E-state index contributed by atoms with van der Waals surface area (Å²) in [6, 6.07) is 9.18. The number of hydrogen-bond acceptors (Lipinski definition) is 7. The molecule has 24 heavy (non-hydrogen) atoms. The maximum atomic E-state index is 10.9. The Morgan fingerprint density at radius 3 is 2.50 bits per heavy atom. The van der Waals surface area contributed by atoms with E-state index in [-0.39, 0.29) is 17.3 Å². The van der Waals surface area contributed by atoms with Crippen LogP contribution >= 0.6 is 0 Å². The summed E-state index contributed by atoms with van der Waals surface area (Å²) in [5.74, 6) is -0.347. The summed E-state index contributed by atoms with van der Waals surface area (Å²) < 4.78 is 4.99. The monoisotopic (exact) mass is 326 g/mol. The first-order chi connectivity index (χ1) is 11.5. The SMILES string of the molecule is COc1cc(-c2ccc3cc([N+](=O)[O-])ccc3n2)cnc1[N+](=O)[O-]. The van der Waals surface area contributed by atoms with Gasteiger partial charge in [0.25, 0.3) is 5.69 Å². The van der Waals surface area contributed by atoms with Crippen LogP contribution in [0.25, 0.3) is 22.2 Å². The number of aromatic nitrogens is 2. The van der Waals surface area contributed by atoms with Crippen LogP contribution in [-0.2, 0) is 0 Å². The summed E-state index contributed by atoms with van der Waals surface area (Å²) >= 11 is 0. The van der Waals surface area contributed by atoms with Gasteiger partial charge in [0, 0.05) is 29.1 Å². The second-order valence-corrected chi connectivity index (χ2v) is 4.84. The lowest BCUT2D eigenvalue weighted by atomic mass is 10.1. The molecule has 9 nitrogen and oxygen atoms in total. The van der Waals surface area contributed by atoms with Crippen molar-refractivity contribution in [3.05, 3.63) is 62.8 Å². The molecule has 0 saturated carbocycles. The van der Waals surface area contributed by atoms with Gasteiger partial charge in [-0.2, -0.15) is 0 Å². The van der Waals surface area contributed by atoms with Gasteiger partial charge in [-0.25, -0.2) is 4.98 Å². The van der Waals surface area contributed by atoms with Crippen LogP contribution in [0.5, 0.6) is 5.75 Å². The number of methoxy groups -OCH3 is 1. The van der Waals surface area contributed by atoms with Crippen molar-refractivity contribution in [3.8, 4) is 17.0 Å². The van der Waals surface area contributed by atoms with Crippen LogP contribution in [0.4, 0.5) is 11.5 Å². The van der Waals surface area contributed by atoms with Crippen molar-refractivity contribution in [2.24, 2.45) is 0 Å². The minimum Gasteiger partial charge on any atom is -0.489 e. The molecule has 0 saturated heterocycles. The fraction of sp³-hybridized carbons (Fsp3) is 0.0667. The van der Waals surface area contributed by atoms with Crippen molar-refractivity contribution in [2.75, 3.05) is 7.11 Å². The van der Waals surface area contributed by atoms with E-state index in [4.69, 9.17) is 4.74 Å². The first kappa shape index (κ1) is 15.3. The largest absolute Gasteiger partial charge is 0.489 e. The predicted octanol–water partition coefficient (Wildman–Crippen LogP) is 3.12. The molecule has 0 unspecified atom stereocenters. The lowest BCUT2D eigenvalue weighted by molar-refractivity contribution is -0.390. The Kier molecular flexibility index (Phi) is 3.74. The van der Waals surface area contributed by atoms with Crippen LogP contribution < -0.4 is 4.74 Å². The summed E-state index contributed by atoms with van der Waals surface area (Å²) in [4.78, 5) is 28.8. The van der Waals surface area contributed by atoms with Gasteiger partial charge in [0.05, 0.1) is 23.2 Å². The van der Waals surface area contributed by atoms with E-state index in [1.54, 1.807) is 18.2 Å². The lowest BCUT2D eigenvalue weighted by Gasteiger charge is -2.05. The number of nitro benzene ring substituents is 1. The highest BCUT2D eigenvalue weighted by atomic mass is 16.6. The van der Waals surface area contributed by atoms with Crippen LogP contribution in [0.15, 0.2) is 42.6 Å². The zero-order valence-electron chi connectivity index (χ0n) is 12.4. The summed E-state index contributed by atoms with van der Waals surface area (Å²) in [7, 11) is 1.32. The van der Waals surface area contributed by atoms with E-state index in [1.807, 2.05) is 0 Å². The summed E-state index contributed by atoms with van der Waals surface area (Å²) in [5.41, 5.74) is 1.61. The maximum Gasteiger partial charge on any atom is 0.406 e.